The molecular formula is C18H26N4OS. The number of aromatic nitrogens is 2. The lowest BCUT2D eigenvalue weighted by Crippen LogP contribution is -2.49. The van der Waals surface area contributed by atoms with E-state index in [9.17, 15) is 4.79 Å². The molecule has 1 saturated heterocycles. The summed E-state index contributed by atoms with van der Waals surface area (Å²) in [6, 6.07) is 2.61. The number of thiophene rings is 1. The van der Waals surface area contributed by atoms with Crippen LogP contribution in [0, 0.1) is 5.92 Å². The predicted molar refractivity (Wildman–Crippen MR) is 97.3 cm³/mol. The monoisotopic (exact) mass is 346 g/mol. The first-order valence-electron chi connectivity index (χ1n) is 8.62. The third-order valence-corrected chi connectivity index (χ3v) is 5.31. The van der Waals surface area contributed by atoms with Crippen LogP contribution in [0.25, 0.3) is 0 Å². The fourth-order valence-electron chi connectivity index (χ4n) is 3.17. The predicted octanol–water partition coefficient (Wildman–Crippen LogP) is 3.12. The Morgan fingerprint density at radius 2 is 2.00 bits per heavy atom. The van der Waals surface area contributed by atoms with Crippen molar-refractivity contribution in [2.75, 3.05) is 26.2 Å². The highest BCUT2D eigenvalue weighted by Gasteiger charge is 2.26. The zero-order valence-corrected chi connectivity index (χ0v) is 15.5. The van der Waals surface area contributed by atoms with Gasteiger partial charge >= 0.3 is 0 Å². The van der Waals surface area contributed by atoms with E-state index in [-0.39, 0.29) is 5.91 Å². The molecule has 5 nitrogen and oxygen atoms in total. The van der Waals surface area contributed by atoms with Crippen molar-refractivity contribution >= 4 is 17.2 Å². The first-order valence-corrected chi connectivity index (χ1v) is 9.56. The number of rotatable bonds is 5. The van der Waals surface area contributed by atoms with Crippen LogP contribution in [0.4, 0.5) is 0 Å². The lowest BCUT2D eigenvalue weighted by molar-refractivity contribution is 0.0582. The maximum atomic E-state index is 12.7. The van der Waals surface area contributed by atoms with Gasteiger partial charge in [-0.15, -0.1) is 0 Å². The van der Waals surface area contributed by atoms with Gasteiger partial charge in [0.2, 0.25) is 0 Å². The third kappa shape index (κ3) is 3.87. The van der Waals surface area contributed by atoms with Gasteiger partial charge in [0.05, 0.1) is 11.8 Å². The molecule has 1 aliphatic heterocycles. The molecule has 1 fully saturated rings. The van der Waals surface area contributed by atoms with Crippen LogP contribution in [-0.4, -0.2) is 51.7 Å². The summed E-state index contributed by atoms with van der Waals surface area (Å²) in [7, 11) is 0. The van der Waals surface area contributed by atoms with E-state index in [1.54, 1.807) is 17.5 Å². The van der Waals surface area contributed by atoms with Crippen molar-refractivity contribution in [3.8, 4) is 0 Å². The summed E-state index contributed by atoms with van der Waals surface area (Å²) in [5.74, 6) is 0.628. The van der Waals surface area contributed by atoms with E-state index in [1.165, 1.54) is 5.56 Å². The van der Waals surface area contributed by atoms with Gasteiger partial charge in [-0.1, -0.05) is 13.8 Å². The molecule has 2 aromatic rings. The molecule has 0 unspecified atom stereocenters. The van der Waals surface area contributed by atoms with Crippen LogP contribution in [-0.2, 0) is 6.54 Å². The second-order valence-corrected chi connectivity index (χ2v) is 7.69. The van der Waals surface area contributed by atoms with Gasteiger partial charge < -0.3 is 4.90 Å². The van der Waals surface area contributed by atoms with E-state index in [0.717, 1.165) is 32.7 Å². The number of carbonyl (C=O) groups excluding carboxylic acids is 1. The largest absolute Gasteiger partial charge is 0.336 e. The summed E-state index contributed by atoms with van der Waals surface area (Å²) in [5.41, 5.74) is 2.07. The third-order valence-electron chi connectivity index (χ3n) is 4.61. The molecule has 0 aromatic carbocycles. The van der Waals surface area contributed by atoms with Crippen LogP contribution in [0.5, 0.6) is 0 Å². The zero-order valence-electron chi connectivity index (χ0n) is 14.7. The van der Waals surface area contributed by atoms with Crippen molar-refractivity contribution in [3.05, 3.63) is 40.3 Å². The van der Waals surface area contributed by atoms with E-state index in [0.29, 0.717) is 17.5 Å². The first-order chi connectivity index (χ1) is 11.5. The fourth-order valence-corrected chi connectivity index (χ4v) is 3.91. The number of hydrogen-bond donors (Lipinski definition) is 0. The number of amides is 1. The van der Waals surface area contributed by atoms with Gasteiger partial charge in [0.25, 0.3) is 5.91 Å². The molecule has 0 bridgehead atoms. The van der Waals surface area contributed by atoms with Crippen molar-refractivity contribution < 1.29 is 4.79 Å². The fraction of sp³-hybridized carbons (Fsp3) is 0.556. The van der Waals surface area contributed by atoms with Gasteiger partial charge in [-0.3, -0.25) is 14.4 Å². The van der Waals surface area contributed by atoms with Gasteiger partial charge in [0, 0.05) is 45.0 Å². The molecule has 0 N–H and O–H groups in total. The minimum Gasteiger partial charge on any atom is -0.336 e. The van der Waals surface area contributed by atoms with Crippen molar-refractivity contribution in [3.63, 3.8) is 0 Å². The Morgan fingerprint density at radius 1 is 1.25 bits per heavy atom. The number of hydrogen-bond acceptors (Lipinski definition) is 4. The molecule has 0 radical (unpaired) electrons. The molecule has 3 heterocycles. The Kier molecular flexibility index (Phi) is 5.36. The highest BCUT2D eigenvalue weighted by Crippen LogP contribution is 2.23. The van der Waals surface area contributed by atoms with Crippen molar-refractivity contribution in [2.24, 2.45) is 5.92 Å². The van der Waals surface area contributed by atoms with Crippen LogP contribution in [0.2, 0.25) is 0 Å². The molecule has 1 aliphatic rings. The molecule has 2 aromatic heterocycles. The van der Waals surface area contributed by atoms with Gasteiger partial charge in [0.1, 0.15) is 0 Å². The lowest BCUT2D eigenvalue weighted by Gasteiger charge is -2.37. The van der Waals surface area contributed by atoms with Crippen molar-refractivity contribution in [1.82, 2.24) is 19.6 Å². The average molecular weight is 347 g/mol. The van der Waals surface area contributed by atoms with Crippen LogP contribution in [0.1, 0.15) is 42.7 Å². The minimum atomic E-state index is 0.104. The second kappa shape index (κ2) is 7.49. The highest BCUT2D eigenvalue weighted by atomic mass is 32.1. The Labute approximate surface area is 147 Å². The van der Waals surface area contributed by atoms with Gasteiger partial charge in [-0.25, -0.2) is 0 Å². The number of nitrogens with zero attached hydrogens (tertiary/aromatic N) is 4. The summed E-state index contributed by atoms with van der Waals surface area (Å²) in [6.45, 7) is 10.8. The molecule has 3 rings (SSSR count). The van der Waals surface area contributed by atoms with Crippen LogP contribution in [0.15, 0.2) is 29.2 Å². The maximum Gasteiger partial charge on any atom is 0.257 e. The Balaban J connectivity index is 1.56. The SMILES string of the molecule is CC(C)Cn1cc(C(=O)N2CCN([C@@H](C)c3ccsc3)CC2)cn1. The van der Waals surface area contributed by atoms with Gasteiger partial charge in [-0.05, 0) is 35.2 Å². The van der Waals surface area contributed by atoms with E-state index in [2.05, 4.69) is 47.6 Å². The van der Waals surface area contributed by atoms with Gasteiger partial charge in [-0.2, -0.15) is 16.4 Å². The second-order valence-electron chi connectivity index (χ2n) is 6.91. The van der Waals surface area contributed by atoms with Crippen LogP contribution < -0.4 is 0 Å². The summed E-state index contributed by atoms with van der Waals surface area (Å²) < 4.78 is 1.87. The summed E-state index contributed by atoms with van der Waals surface area (Å²) >= 11 is 1.74. The summed E-state index contributed by atoms with van der Waals surface area (Å²) in [5, 5.41) is 8.65. The summed E-state index contributed by atoms with van der Waals surface area (Å²) in [4.78, 5) is 17.1. The topological polar surface area (TPSA) is 41.4 Å². The van der Waals surface area contributed by atoms with Gasteiger partial charge in [0.15, 0.2) is 0 Å². The van der Waals surface area contributed by atoms with E-state index in [1.807, 2.05) is 15.8 Å². The maximum absolute atomic E-state index is 12.7. The smallest absolute Gasteiger partial charge is 0.257 e. The van der Waals surface area contributed by atoms with Crippen LogP contribution in [0.3, 0.4) is 0 Å². The molecule has 0 saturated carbocycles. The minimum absolute atomic E-state index is 0.104. The summed E-state index contributed by atoms with van der Waals surface area (Å²) in [6.07, 6.45) is 3.58. The molecule has 1 amide bonds. The Morgan fingerprint density at radius 3 is 2.62 bits per heavy atom. The molecule has 0 aliphatic carbocycles. The molecule has 0 spiro atoms. The molecular weight excluding hydrogens is 320 g/mol. The zero-order chi connectivity index (χ0) is 17.1. The molecule has 130 valence electrons. The lowest BCUT2D eigenvalue weighted by atomic mass is 10.1. The molecule has 24 heavy (non-hydrogen) atoms. The molecule has 1 atom stereocenters. The Bertz CT molecular complexity index is 656. The van der Waals surface area contributed by atoms with Crippen molar-refractivity contribution in [2.45, 2.75) is 33.4 Å². The van der Waals surface area contributed by atoms with E-state index < -0.39 is 0 Å². The normalized spacial score (nSPS) is 17.4. The first kappa shape index (κ1) is 17.2. The highest BCUT2D eigenvalue weighted by molar-refractivity contribution is 7.07. The van der Waals surface area contributed by atoms with E-state index in [4.69, 9.17) is 0 Å². The number of piperazine rings is 1. The number of carbonyl (C=O) groups is 1. The Hall–Kier alpha value is -1.66. The quantitative estimate of drug-likeness (QED) is 0.835. The van der Waals surface area contributed by atoms with Crippen molar-refractivity contribution in [1.29, 1.82) is 0 Å². The standard InChI is InChI=1S/C18H26N4OS/c1-14(2)11-22-12-17(10-19-22)18(23)21-7-5-20(6-8-21)15(3)16-4-9-24-13-16/h4,9-10,12-15H,5-8,11H2,1-3H3/t15-/m0/s1. The van der Waals surface area contributed by atoms with E-state index >= 15 is 0 Å². The van der Waals surface area contributed by atoms with Crippen LogP contribution >= 0.6 is 11.3 Å². The average Bonchev–Trinajstić information content (AvgIpc) is 3.25. The molecule has 6 heteroatoms.